The van der Waals surface area contributed by atoms with Crippen molar-refractivity contribution in [3.8, 4) is 22.8 Å². The minimum Gasteiger partial charge on any atom is -0.486 e. The third-order valence-corrected chi connectivity index (χ3v) is 4.93. The van der Waals surface area contributed by atoms with E-state index in [-0.39, 0.29) is 18.1 Å². The Balaban J connectivity index is 1.45. The molecular formula is C19H14ClFN2O3S. The maximum atomic E-state index is 13.3. The van der Waals surface area contributed by atoms with E-state index in [1.54, 1.807) is 29.6 Å². The lowest BCUT2D eigenvalue weighted by Gasteiger charge is -2.20. The first kappa shape index (κ1) is 17.8. The Morgan fingerprint density at radius 3 is 2.96 bits per heavy atom. The molecule has 3 aromatic rings. The molecule has 0 bridgehead atoms. The van der Waals surface area contributed by atoms with Crippen LogP contribution in [-0.2, 0) is 11.2 Å². The van der Waals surface area contributed by atoms with Crippen LogP contribution in [0.2, 0.25) is 5.02 Å². The van der Waals surface area contributed by atoms with Crippen molar-refractivity contribution in [1.82, 2.24) is 4.98 Å². The van der Waals surface area contributed by atoms with E-state index in [0.717, 1.165) is 0 Å². The van der Waals surface area contributed by atoms with Crippen LogP contribution in [0.1, 0.15) is 5.56 Å². The maximum Gasteiger partial charge on any atom is 0.230 e. The van der Waals surface area contributed by atoms with Gasteiger partial charge in [-0.2, -0.15) is 0 Å². The lowest BCUT2D eigenvalue weighted by atomic mass is 10.1. The van der Waals surface area contributed by atoms with Crippen molar-refractivity contribution in [3.63, 3.8) is 0 Å². The SMILES string of the molecule is O=C(Cc1cc(Cl)c2c(c1)OCCO2)Nc1nc(-c2cccc(F)c2)cs1. The third kappa shape index (κ3) is 4.04. The van der Waals surface area contributed by atoms with Gasteiger partial charge in [-0.15, -0.1) is 11.3 Å². The molecule has 0 atom stereocenters. The van der Waals surface area contributed by atoms with Crippen molar-refractivity contribution in [3.05, 3.63) is 58.2 Å². The number of rotatable bonds is 4. The number of nitrogens with one attached hydrogen (secondary N) is 1. The molecule has 138 valence electrons. The van der Waals surface area contributed by atoms with Crippen LogP contribution >= 0.6 is 22.9 Å². The van der Waals surface area contributed by atoms with Crippen LogP contribution in [0, 0.1) is 5.82 Å². The molecule has 2 aromatic carbocycles. The Kier molecular flexibility index (Phi) is 4.96. The number of hydrogen-bond donors (Lipinski definition) is 1. The molecule has 0 saturated heterocycles. The quantitative estimate of drug-likeness (QED) is 0.692. The van der Waals surface area contributed by atoms with Crippen molar-refractivity contribution in [2.24, 2.45) is 0 Å². The standard InChI is InChI=1S/C19H14ClFN2O3S/c20-14-6-11(7-16-18(14)26-5-4-25-16)8-17(24)23-19-22-15(10-27-19)12-2-1-3-13(21)9-12/h1-3,6-7,9-10H,4-5,8H2,(H,22,23,24). The van der Waals surface area contributed by atoms with Gasteiger partial charge in [-0.25, -0.2) is 9.37 Å². The van der Waals surface area contributed by atoms with Crippen molar-refractivity contribution >= 4 is 34.0 Å². The number of nitrogens with zero attached hydrogens (tertiary/aromatic N) is 1. The summed E-state index contributed by atoms with van der Waals surface area (Å²) in [5.41, 5.74) is 1.98. The van der Waals surface area contributed by atoms with Gasteiger partial charge < -0.3 is 14.8 Å². The van der Waals surface area contributed by atoms with Crippen LogP contribution in [0.15, 0.2) is 41.8 Å². The second-order valence-electron chi connectivity index (χ2n) is 5.88. The van der Waals surface area contributed by atoms with Crippen LogP contribution in [0.5, 0.6) is 11.5 Å². The van der Waals surface area contributed by atoms with Crippen LogP contribution in [0.4, 0.5) is 9.52 Å². The highest BCUT2D eigenvalue weighted by Crippen LogP contribution is 2.38. The maximum absolute atomic E-state index is 13.3. The average Bonchev–Trinajstić information content (AvgIpc) is 3.10. The molecule has 4 rings (SSSR count). The van der Waals surface area contributed by atoms with Gasteiger partial charge in [0.2, 0.25) is 5.91 Å². The number of amides is 1. The molecule has 1 aromatic heterocycles. The Morgan fingerprint density at radius 1 is 1.26 bits per heavy atom. The number of halogens is 2. The summed E-state index contributed by atoms with van der Waals surface area (Å²) in [5, 5.41) is 5.39. The lowest BCUT2D eigenvalue weighted by Crippen LogP contribution is -2.17. The topological polar surface area (TPSA) is 60.5 Å². The number of carbonyl (C=O) groups excluding carboxylic acids is 1. The summed E-state index contributed by atoms with van der Waals surface area (Å²) in [6.45, 7) is 0.894. The molecule has 1 aliphatic rings. The average molecular weight is 405 g/mol. The van der Waals surface area contributed by atoms with E-state index < -0.39 is 0 Å². The van der Waals surface area contributed by atoms with Gasteiger partial charge >= 0.3 is 0 Å². The fraction of sp³-hybridized carbons (Fsp3) is 0.158. The summed E-state index contributed by atoms with van der Waals surface area (Å²) in [6, 6.07) is 9.60. The predicted octanol–water partition coefficient (Wildman–Crippen LogP) is 4.56. The van der Waals surface area contributed by atoms with Crippen LogP contribution in [0.3, 0.4) is 0 Å². The normalized spacial score (nSPS) is 12.7. The Morgan fingerprint density at radius 2 is 2.11 bits per heavy atom. The zero-order valence-corrected chi connectivity index (χ0v) is 15.6. The van der Waals surface area contributed by atoms with Crippen LogP contribution in [0.25, 0.3) is 11.3 Å². The molecule has 0 unspecified atom stereocenters. The number of carbonyl (C=O) groups is 1. The Labute approximate surface area is 163 Å². The molecule has 0 fully saturated rings. The van der Waals surface area contributed by atoms with E-state index in [9.17, 15) is 9.18 Å². The highest BCUT2D eigenvalue weighted by atomic mass is 35.5. The van der Waals surface area contributed by atoms with Gasteiger partial charge in [0, 0.05) is 10.9 Å². The molecule has 0 spiro atoms. The summed E-state index contributed by atoms with van der Waals surface area (Å²) in [7, 11) is 0. The molecule has 1 aliphatic heterocycles. The van der Waals surface area contributed by atoms with Crippen molar-refractivity contribution in [1.29, 1.82) is 0 Å². The van der Waals surface area contributed by atoms with E-state index in [0.29, 0.717) is 51.7 Å². The van der Waals surface area contributed by atoms with Gasteiger partial charge in [-0.3, -0.25) is 4.79 Å². The molecule has 8 heteroatoms. The molecule has 0 radical (unpaired) electrons. The number of hydrogen-bond acceptors (Lipinski definition) is 5. The molecule has 5 nitrogen and oxygen atoms in total. The summed E-state index contributed by atoms with van der Waals surface area (Å²) in [6.07, 6.45) is 0.116. The second kappa shape index (κ2) is 7.54. The first-order valence-corrected chi connectivity index (χ1v) is 9.43. The number of anilines is 1. The smallest absolute Gasteiger partial charge is 0.230 e. The second-order valence-corrected chi connectivity index (χ2v) is 7.14. The number of aromatic nitrogens is 1. The van der Waals surface area contributed by atoms with Gasteiger partial charge in [-0.1, -0.05) is 23.7 Å². The van der Waals surface area contributed by atoms with Gasteiger partial charge in [0.1, 0.15) is 19.0 Å². The van der Waals surface area contributed by atoms with Crippen molar-refractivity contribution in [2.75, 3.05) is 18.5 Å². The highest BCUT2D eigenvalue weighted by molar-refractivity contribution is 7.14. The molecule has 27 heavy (non-hydrogen) atoms. The monoisotopic (exact) mass is 404 g/mol. The summed E-state index contributed by atoms with van der Waals surface area (Å²) < 4.78 is 24.3. The molecule has 0 aliphatic carbocycles. The fourth-order valence-corrected chi connectivity index (χ4v) is 3.75. The largest absolute Gasteiger partial charge is 0.486 e. The predicted molar refractivity (Wildman–Crippen MR) is 102 cm³/mol. The zero-order valence-electron chi connectivity index (χ0n) is 14.0. The molecule has 2 heterocycles. The van der Waals surface area contributed by atoms with Crippen LogP contribution < -0.4 is 14.8 Å². The molecule has 0 saturated carbocycles. The van der Waals surface area contributed by atoms with Crippen molar-refractivity contribution < 1.29 is 18.7 Å². The van der Waals surface area contributed by atoms with Crippen LogP contribution in [-0.4, -0.2) is 24.1 Å². The number of benzene rings is 2. The van der Waals surface area contributed by atoms with Gasteiger partial charge in [0.05, 0.1) is 17.1 Å². The van der Waals surface area contributed by atoms with Gasteiger partial charge in [0.15, 0.2) is 16.6 Å². The summed E-state index contributed by atoms with van der Waals surface area (Å²) in [5.74, 6) is 0.482. The van der Waals surface area contributed by atoms with E-state index in [4.69, 9.17) is 21.1 Å². The molecular weight excluding hydrogens is 391 g/mol. The fourth-order valence-electron chi connectivity index (χ4n) is 2.73. The molecule has 1 N–H and O–H groups in total. The lowest BCUT2D eigenvalue weighted by molar-refractivity contribution is -0.115. The minimum atomic E-state index is -0.332. The number of thiazole rings is 1. The zero-order chi connectivity index (χ0) is 18.8. The Hall–Kier alpha value is -2.64. The van der Waals surface area contributed by atoms with E-state index in [1.165, 1.54) is 23.5 Å². The van der Waals surface area contributed by atoms with E-state index in [1.807, 2.05) is 0 Å². The Bertz CT molecular complexity index is 1010. The summed E-state index contributed by atoms with van der Waals surface area (Å²) >= 11 is 7.48. The van der Waals surface area contributed by atoms with Crippen molar-refractivity contribution in [2.45, 2.75) is 6.42 Å². The van der Waals surface area contributed by atoms with E-state index >= 15 is 0 Å². The third-order valence-electron chi connectivity index (χ3n) is 3.89. The minimum absolute atomic E-state index is 0.116. The number of fused-ring (bicyclic) bond motifs is 1. The van der Waals surface area contributed by atoms with E-state index in [2.05, 4.69) is 10.3 Å². The first-order valence-electron chi connectivity index (χ1n) is 8.18. The van der Waals surface area contributed by atoms with Gasteiger partial charge in [-0.05, 0) is 29.8 Å². The summed E-state index contributed by atoms with van der Waals surface area (Å²) in [4.78, 5) is 16.7. The molecule has 1 amide bonds. The van der Waals surface area contributed by atoms with Gasteiger partial charge in [0.25, 0.3) is 0 Å². The highest BCUT2D eigenvalue weighted by Gasteiger charge is 2.18. The number of ether oxygens (including phenoxy) is 2. The first-order chi connectivity index (χ1) is 13.1.